The Labute approximate surface area is 80.4 Å². The molecule has 1 aliphatic rings. The summed E-state index contributed by atoms with van der Waals surface area (Å²) in [6.07, 6.45) is 7.54. The highest BCUT2D eigenvalue weighted by atomic mass is 79.9. The zero-order chi connectivity index (χ0) is 9.19. The number of hydrogen-bond acceptors (Lipinski definition) is 2. The first-order valence-corrected chi connectivity index (χ1v) is 4.50. The van der Waals surface area contributed by atoms with Crippen LogP contribution in [-0.2, 0) is 9.53 Å². The van der Waals surface area contributed by atoms with Crippen LogP contribution in [0.1, 0.15) is 6.92 Å². The lowest BCUT2D eigenvalue weighted by Gasteiger charge is -2.26. The van der Waals surface area contributed by atoms with Crippen molar-refractivity contribution in [1.29, 1.82) is 0 Å². The Morgan fingerprint density at radius 2 is 2.25 bits per heavy atom. The molecule has 3 heteroatoms. The molecular formula is C9H11BrO2. The lowest BCUT2D eigenvalue weighted by Crippen LogP contribution is -2.33. The second kappa shape index (κ2) is 3.44. The topological polar surface area (TPSA) is 26.3 Å². The number of rotatable bonds is 1. The van der Waals surface area contributed by atoms with Crippen molar-refractivity contribution in [2.75, 3.05) is 7.11 Å². The molecule has 1 aliphatic carbocycles. The summed E-state index contributed by atoms with van der Waals surface area (Å²) in [5.74, 6) is -0.442. The summed E-state index contributed by atoms with van der Waals surface area (Å²) in [4.78, 5) is 11.2. The van der Waals surface area contributed by atoms with Crippen molar-refractivity contribution in [2.45, 2.75) is 11.2 Å². The van der Waals surface area contributed by atoms with Gasteiger partial charge in [0.25, 0.3) is 0 Å². The Hall–Kier alpha value is -0.570. The molecule has 2 nitrogen and oxygen atoms in total. The van der Waals surface area contributed by atoms with E-state index in [1.807, 2.05) is 31.2 Å². The number of allylic oxidation sites excluding steroid dienone is 3. The van der Waals surface area contributed by atoms with E-state index < -0.39 is 0 Å². The van der Waals surface area contributed by atoms with E-state index in [1.54, 1.807) is 0 Å². The largest absolute Gasteiger partial charge is 0.469 e. The van der Waals surface area contributed by atoms with Gasteiger partial charge in [0.05, 0.1) is 17.4 Å². The molecule has 2 unspecified atom stereocenters. The number of halogens is 1. The standard InChI is InChI=1S/C9H11BrO2/c1-9(10)6-4-3-5-7(9)8(11)12-2/h3-7H,1-2H3. The van der Waals surface area contributed by atoms with Gasteiger partial charge in [-0.3, -0.25) is 4.79 Å². The summed E-state index contributed by atoms with van der Waals surface area (Å²) >= 11 is 3.46. The van der Waals surface area contributed by atoms with Crippen LogP contribution in [0.4, 0.5) is 0 Å². The zero-order valence-corrected chi connectivity index (χ0v) is 8.67. The van der Waals surface area contributed by atoms with Crippen molar-refractivity contribution in [2.24, 2.45) is 5.92 Å². The molecule has 0 aromatic carbocycles. The molecule has 0 fully saturated rings. The second-order valence-electron chi connectivity index (χ2n) is 2.90. The Kier molecular flexibility index (Phi) is 2.73. The monoisotopic (exact) mass is 230 g/mol. The van der Waals surface area contributed by atoms with Gasteiger partial charge in [0, 0.05) is 0 Å². The highest BCUT2D eigenvalue weighted by molar-refractivity contribution is 9.10. The van der Waals surface area contributed by atoms with Crippen molar-refractivity contribution in [1.82, 2.24) is 0 Å². The minimum absolute atomic E-state index is 0.213. The van der Waals surface area contributed by atoms with E-state index >= 15 is 0 Å². The maximum absolute atomic E-state index is 11.2. The number of hydrogen-bond donors (Lipinski definition) is 0. The molecule has 0 amide bonds. The smallest absolute Gasteiger partial charge is 0.314 e. The molecule has 0 radical (unpaired) electrons. The van der Waals surface area contributed by atoms with Crippen LogP contribution in [0.3, 0.4) is 0 Å². The Bertz CT molecular complexity index is 241. The van der Waals surface area contributed by atoms with E-state index in [-0.39, 0.29) is 16.2 Å². The Morgan fingerprint density at radius 1 is 1.58 bits per heavy atom. The van der Waals surface area contributed by atoms with Gasteiger partial charge in [-0.2, -0.15) is 0 Å². The summed E-state index contributed by atoms with van der Waals surface area (Å²) in [6.45, 7) is 1.94. The van der Waals surface area contributed by atoms with E-state index in [0.29, 0.717) is 0 Å². The minimum atomic E-state index is -0.311. The third kappa shape index (κ3) is 1.78. The molecule has 0 heterocycles. The van der Waals surface area contributed by atoms with Gasteiger partial charge >= 0.3 is 5.97 Å². The molecule has 0 spiro atoms. The first kappa shape index (κ1) is 9.52. The van der Waals surface area contributed by atoms with Crippen LogP contribution >= 0.6 is 15.9 Å². The highest BCUT2D eigenvalue weighted by Crippen LogP contribution is 2.33. The zero-order valence-electron chi connectivity index (χ0n) is 7.08. The number of ether oxygens (including phenoxy) is 1. The van der Waals surface area contributed by atoms with E-state index in [2.05, 4.69) is 20.7 Å². The summed E-state index contributed by atoms with van der Waals surface area (Å²) in [5.41, 5.74) is 0. The van der Waals surface area contributed by atoms with Gasteiger partial charge < -0.3 is 4.74 Å². The summed E-state index contributed by atoms with van der Waals surface area (Å²) in [6, 6.07) is 0. The van der Waals surface area contributed by atoms with Gasteiger partial charge in [0.1, 0.15) is 0 Å². The second-order valence-corrected chi connectivity index (χ2v) is 4.60. The lowest BCUT2D eigenvalue weighted by molar-refractivity contribution is -0.144. The first-order chi connectivity index (χ1) is 5.58. The minimum Gasteiger partial charge on any atom is -0.469 e. The number of esters is 1. The molecule has 12 heavy (non-hydrogen) atoms. The van der Waals surface area contributed by atoms with E-state index in [9.17, 15) is 4.79 Å². The lowest BCUT2D eigenvalue weighted by atomic mass is 9.90. The maximum Gasteiger partial charge on any atom is 0.314 e. The highest BCUT2D eigenvalue weighted by Gasteiger charge is 2.34. The van der Waals surface area contributed by atoms with Crippen molar-refractivity contribution in [3.8, 4) is 0 Å². The molecule has 0 aliphatic heterocycles. The van der Waals surface area contributed by atoms with Crippen LogP contribution in [0.5, 0.6) is 0 Å². The number of alkyl halides is 1. The molecule has 2 atom stereocenters. The van der Waals surface area contributed by atoms with Gasteiger partial charge in [-0.05, 0) is 6.92 Å². The average Bonchev–Trinajstić information content (AvgIpc) is 2.02. The fourth-order valence-electron chi connectivity index (χ4n) is 1.15. The van der Waals surface area contributed by atoms with Crippen molar-refractivity contribution >= 4 is 21.9 Å². The van der Waals surface area contributed by atoms with Crippen LogP contribution < -0.4 is 0 Å². The van der Waals surface area contributed by atoms with Crippen molar-refractivity contribution in [3.63, 3.8) is 0 Å². The Morgan fingerprint density at radius 3 is 2.75 bits per heavy atom. The predicted octanol–water partition coefficient (Wildman–Crippen LogP) is 2.06. The van der Waals surface area contributed by atoms with Crippen LogP contribution in [0.2, 0.25) is 0 Å². The fourth-order valence-corrected chi connectivity index (χ4v) is 1.64. The van der Waals surface area contributed by atoms with Gasteiger partial charge in [-0.1, -0.05) is 40.2 Å². The van der Waals surface area contributed by atoms with Crippen LogP contribution in [0, 0.1) is 5.92 Å². The SMILES string of the molecule is COC(=O)C1C=CC=CC1(C)Br. The van der Waals surface area contributed by atoms with Crippen LogP contribution in [0.15, 0.2) is 24.3 Å². The normalized spacial score (nSPS) is 33.4. The van der Waals surface area contributed by atoms with E-state index in [1.165, 1.54) is 7.11 Å². The molecule has 0 aromatic heterocycles. The number of carbonyl (C=O) groups excluding carboxylic acids is 1. The van der Waals surface area contributed by atoms with Crippen LogP contribution in [-0.4, -0.2) is 17.4 Å². The van der Waals surface area contributed by atoms with Crippen molar-refractivity contribution < 1.29 is 9.53 Å². The van der Waals surface area contributed by atoms with Gasteiger partial charge in [-0.25, -0.2) is 0 Å². The van der Waals surface area contributed by atoms with Gasteiger partial charge in [0.15, 0.2) is 0 Å². The molecule has 0 aromatic rings. The molecular weight excluding hydrogens is 220 g/mol. The molecule has 1 rings (SSSR count). The van der Waals surface area contributed by atoms with E-state index in [0.717, 1.165) is 0 Å². The molecule has 0 saturated carbocycles. The summed E-state index contributed by atoms with van der Waals surface area (Å²) < 4.78 is 4.36. The van der Waals surface area contributed by atoms with Gasteiger partial charge in [0.2, 0.25) is 0 Å². The number of carbonyl (C=O) groups is 1. The quantitative estimate of drug-likeness (QED) is 0.510. The third-order valence-electron chi connectivity index (χ3n) is 1.90. The predicted molar refractivity (Wildman–Crippen MR) is 51.1 cm³/mol. The van der Waals surface area contributed by atoms with Crippen molar-refractivity contribution in [3.05, 3.63) is 24.3 Å². The van der Waals surface area contributed by atoms with E-state index in [4.69, 9.17) is 0 Å². The maximum atomic E-state index is 11.2. The average molecular weight is 231 g/mol. The van der Waals surface area contributed by atoms with Crippen LogP contribution in [0.25, 0.3) is 0 Å². The fraction of sp³-hybridized carbons (Fsp3) is 0.444. The first-order valence-electron chi connectivity index (χ1n) is 3.70. The third-order valence-corrected chi connectivity index (χ3v) is 2.66. The van der Waals surface area contributed by atoms with Gasteiger partial charge in [-0.15, -0.1) is 0 Å². The summed E-state index contributed by atoms with van der Waals surface area (Å²) in [5, 5.41) is 0. The number of methoxy groups -OCH3 is 1. The molecule has 0 N–H and O–H groups in total. The molecule has 0 bridgehead atoms. The summed E-state index contributed by atoms with van der Waals surface area (Å²) in [7, 11) is 1.40. The molecule has 0 saturated heterocycles. The Balaban J connectivity index is 2.84. The molecule has 66 valence electrons.